The largest absolute Gasteiger partial charge is 0.329 e. The van der Waals surface area contributed by atoms with Crippen LogP contribution in [-0.4, -0.2) is 12.6 Å². The van der Waals surface area contributed by atoms with Crippen molar-refractivity contribution in [3.63, 3.8) is 0 Å². The molecule has 0 bridgehead atoms. The topological polar surface area (TPSA) is 38.0 Å². The van der Waals surface area contributed by atoms with Crippen molar-refractivity contribution in [2.45, 2.75) is 24.9 Å². The van der Waals surface area contributed by atoms with Crippen LogP contribution in [0.2, 0.25) is 10.0 Å². The van der Waals surface area contributed by atoms with E-state index < -0.39 is 0 Å². The van der Waals surface area contributed by atoms with E-state index in [1.54, 1.807) is 6.07 Å². The van der Waals surface area contributed by atoms with E-state index in [0.29, 0.717) is 22.6 Å². The number of rotatable bonds is 4. The molecule has 1 aliphatic carbocycles. The number of hydrogen-bond acceptors (Lipinski definition) is 2. The summed E-state index contributed by atoms with van der Waals surface area (Å²) in [6, 6.07) is 6.31. The second-order valence-corrected chi connectivity index (χ2v) is 4.74. The summed E-state index contributed by atoms with van der Waals surface area (Å²) in [6.45, 7) is 0.553. The summed E-state index contributed by atoms with van der Waals surface area (Å²) in [7, 11) is 0. The van der Waals surface area contributed by atoms with E-state index in [2.05, 4.69) is 5.32 Å². The minimum absolute atomic E-state index is 0.141. The van der Waals surface area contributed by atoms with Gasteiger partial charge in [-0.2, -0.15) is 0 Å². The summed E-state index contributed by atoms with van der Waals surface area (Å²) < 4.78 is 0. The maximum Gasteiger partial charge on any atom is 0.0469 e. The molecule has 3 N–H and O–H groups in total. The van der Waals surface area contributed by atoms with Crippen LogP contribution in [0.3, 0.4) is 0 Å². The Morgan fingerprint density at radius 3 is 2.67 bits per heavy atom. The molecule has 2 rings (SSSR count). The van der Waals surface area contributed by atoms with Crippen LogP contribution in [-0.2, 0) is 0 Å². The molecular weight excluding hydrogens is 231 g/mol. The van der Waals surface area contributed by atoms with Crippen LogP contribution in [0.25, 0.3) is 0 Å². The normalized spacial score (nSPS) is 17.8. The first-order valence-electron chi connectivity index (χ1n) is 5.12. The summed E-state index contributed by atoms with van der Waals surface area (Å²) in [5.74, 6) is 0. The van der Waals surface area contributed by atoms with Crippen LogP contribution < -0.4 is 11.1 Å². The van der Waals surface area contributed by atoms with Crippen LogP contribution in [0, 0.1) is 0 Å². The first kappa shape index (κ1) is 11.2. The number of benzene rings is 1. The smallest absolute Gasteiger partial charge is 0.0469 e. The molecule has 1 saturated carbocycles. The van der Waals surface area contributed by atoms with Gasteiger partial charge in [0.15, 0.2) is 0 Å². The molecule has 0 radical (unpaired) electrons. The molecule has 1 aliphatic rings. The third-order valence-corrected chi connectivity index (χ3v) is 3.15. The van der Waals surface area contributed by atoms with Gasteiger partial charge in [0.2, 0.25) is 0 Å². The van der Waals surface area contributed by atoms with Crippen molar-refractivity contribution >= 4 is 23.2 Å². The van der Waals surface area contributed by atoms with Crippen LogP contribution >= 0.6 is 23.2 Å². The van der Waals surface area contributed by atoms with Gasteiger partial charge in [-0.05, 0) is 30.5 Å². The molecule has 0 aromatic heterocycles. The van der Waals surface area contributed by atoms with E-state index in [9.17, 15) is 0 Å². The van der Waals surface area contributed by atoms with Gasteiger partial charge in [-0.25, -0.2) is 0 Å². The highest BCUT2D eigenvalue weighted by atomic mass is 35.5. The predicted molar refractivity (Wildman–Crippen MR) is 64.4 cm³/mol. The average molecular weight is 245 g/mol. The Kier molecular flexibility index (Phi) is 3.52. The highest BCUT2D eigenvalue weighted by Crippen LogP contribution is 2.29. The summed E-state index contributed by atoms with van der Waals surface area (Å²) in [4.78, 5) is 0. The molecule has 0 spiro atoms. The lowest BCUT2D eigenvalue weighted by molar-refractivity contribution is 0.539. The molecule has 2 nitrogen and oxygen atoms in total. The highest BCUT2D eigenvalue weighted by molar-refractivity contribution is 6.35. The SMILES string of the molecule is NCC(NC1CC1)c1ccc(Cl)cc1Cl. The second-order valence-electron chi connectivity index (χ2n) is 3.90. The number of nitrogens with one attached hydrogen (secondary N) is 1. The minimum Gasteiger partial charge on any atom is -0.329 e. The van der Waals surface area contributed by atoms with E-state index in [1.807, 2.05) is 12.1 Å². The molecule has 82 valence electrons. The molecule has 1 aromatic rings. The quantitative estimate of drug-likeness (QED) is 0.855. The van der Waals surface area contributed by atoms with E-state index in [1.165, 1.54) is 12.8 Å². The van der Waals surface area contributed by atoms with Gasteiger partial charge in [0, 0.05) is 28.7 Å². The van der Waals surface area contributed by atoms with Gasteiger partial charge < -0.3 is 11.1 Å². The zero-order valence-corrected chi connectivity index (χ0v) is 9.85. The molecule has 0 heterocycles. The van der Waals surface area contributed by atoms with Crippen LogP contribution in [0.1, 0.15) is 24.4 Å². The van der Waals surface area contributed by atoms with Crippen LogP contribution in [0.5, 0.6) is 0 Å². The Morgan fingerprint density at radius 2 is 2.13 bits per heavy atom. The van der Waals surface area contributed by atoms with Crippen molar-refractivity contribution in [3.8, 4) is 0 Å². The maximum atomic E-state index is 6.13. The summed E-state index contributed by atoms with van der Waals surface area (Å²) in [5, 5.41) is 4.81. The third kappa shape index (κ3) is 2.85. The van der Waals surface area contributed by atoms with Crippen molar-refractivity contribution in [2.24, 2.45) is 5.73 Å². The first-order chi connectivity index (χ1) is 7.20. The number of hydrogen-bond donors (Lipinski definition) is 2. The van der Waals surface area contributed by atoms with Gasteiger partial charge in [0.05, 0.1) is 0 Å². The summed E-state index contributed by atoms with van der Waals surface area (Å²) in [5.41, 5.74) is 6.77. The minimum atomic E-state index is 0.141. The molecule has 1 atom stereocenters. The Morgan fingerprint density at radius 1 is 1.40 bits per heavy atom. The Hall–Kier alpha value is -0.280. The van der Waals surface area contributed by atoms with E-state index in [4.69, 9.17) is 28.9 Å². The fraction of sp³-hybridized carbons (Fsp3) is 0.455. The molecule has 0 amide bonds. The van der Waals surface area contributed by atoms with Gasteiger partial charge in [-0.1, -0.05) is 29.3 Å². The third-order valence-electron chi connectivity index (χ3n) is 2.59. The Labute approximate surface area is 99.7 Å². The lowest BCUT2D eigenvalue weighted by atomic mass is 10.1. The van der Waals surface area contributed by atoms with Gasteiger partial charge >= 0.3 is 0 Å². The zero-order valence-electron chi connectivity index (χ0n) is 8.34. The van der Waals surface area contributed by atoms with Gasteiger partial charge in [-0.15, -0.1) is 0 Å². The first-order valence-corrected chi connectivity index (χ1v) is 5.87. The zero-order chi connectivity index (χ0) is 10.8. The lowest BCUT2D eigenvalue weighted by Gasteiger charge is -2.18. The van der Waals surface area contributed by atoms with E-state index >= 15 is 0 Å². The Bertz CT molecular complexity index is 350. The predicted octanol–water partition coefficient (Wildman–Crippen LogP) is 2.75. The molecule has 1 aromatic carbocycles. The fourth-order valence-electron chi connectivity index (χ4n) is 1.60. The molecule has 0 saturated heterocycles. The summed E-state index contributed by atoms with van der Waals surface area (Å²) >= 11 is 12.0. The maximum absolute atomic E-state index is 6.13. The van der Waals surface area contributed by atoms with Crippen molar-refractivity contribution in [2.75, 3.05) is 6.54 Å². The van der Waals surface area contributed by atoms with Crippen molar-refractivity contribution in [1.82, 2.24) is 5.32 Å². The van der Waals surface area contributed by atoms with Gasteiger partial charge in [0.1, 0.15) is 0 Å². The van der Waals surface area contributed by atoms with Crippen molar-refractivity contribution in [3.05, 3.63) is 33.8 Å². The Balaban J connectivity index is 2.16. The van der Waals surface area contributed by atoms with Crippen molar-refractivity contribution in [1.29, 1.82) is 0 Å². The van der Waals surface area contributed by atoms with E-state index in [0.717, 1.165) is 5.56 Å². The second kappa shape index (κ2) is 4.71. The summed E-state index contributed by atoms with van der Waals surface area (Å²) in [6.07, 6.45) is 2.48. The van der Waals surface area contributed by atoms with Crippen LogP contribution in [0.15, 0.2) is 18.2 Å². The average Bonchev–Trinajstić information content (AvgIpc) is 2.99. The van der Waals surface area contributed by atoms with Gasteiger partial charge in [-0.3, -0.25) is 0 Å². The molecule has 4 heteroatoms. The molecule has 0 aliphatic heterocycles. The highest BCUT2D eigenvalue weighted by Gasteiger charge is 2.25. The van der Waals surface area contributed by atoms with Crippen molar-refractivity contribution < 1.29 is 0 Å². The number of nitrogens with two attached hydrogens (primary N) is 1. The monoisotopic (exact) mass is 244 g/mol. The standard InChI is InChI=1S/C11H14Cl2N2/c12-7-1-4-9(10(13)5-7)11(6-14)15-8-2-3-8/h1,4-5,8,11,15H,2-3,6,14H2. The lowest BCUT2D eigenvalue weighted by Crippen LogP contribution is -2.30. The van der Waals surface area contributed by atoms with Gasteiger partial charge in [0.25, 0.3) is 0 Å². The van der Waals surface area contributed by atoms with Crippen LogP contribution in [0.4, 0.5) is 0 Å². The molecule has 1 unspecified atom stereocenters. The molecular formula is C11H14Cl2N2. The van der Waals surface area contributed by atoms with E-state index in [-0.39, 0.29) is 6.04 Å². The fourth-order valence-corrected chi connectivity index (χ4v) is 2.14. The number of halogens is 2. The molecule has 15 heavy (non-hydrogen) atoms. The molecule has 1 fully saturated rings.